The highest BCUT2D eigenvalue weighted by Crippen LogP contribution is 2.27. The van der Waals surface area contributed by atoms with Crippen LogP contribution in [0.2, 0.25) is 0 Å². The Morgan fingerprint density at radius 1 is 1.39 bits per heavy atom. The van der Waals surface area contributed by atoms with Crippen LogP contribution in [0.5, 0.6) is 0 Å². The summed E-state index contributed by atoms with van der Waals surface area (Å²) in [5, 5.41) is 0.632. The highest BCUT2D eigenvalue weighted by Gasteiger charge is 2.20. The summed E-state index contributed by atoms with van der Waals surface area (Å²) in [6.07, 6.45) is 0.900. The molecule has 1 aromatic heterocycles. The number of aromatic nitrogens is 1. The summed E-state index contributed by atoms with van der Waals surface area (Å²) < 4.78 is 13.6. The van der Waals surface area contributed by atoms with Gasteiger partial charge < -0.3 is 5.73 Å². The predicted molar refractivity (Wildman–Crippen MR) is 70.7 cm³/mol. The summed E-state index contributed by atoms with van der Waals surface area (Å²) in [6, 6.07) is 6.94. The van der Waals surface area contributed by atoms with Crippen LogP contribution in [-0.2, 0) is 19.5 Å². The zero-order valence-electron chi connectivity index (χ0n) is 9.90. The van der Waals surface area contributed by atoms with Crippen LogP contribution in [0, 0.1) is 5.82 Å². The Balaban J connectivity index is 1.75. The Kier molecular flexibility index (Phi) is 3.01. The molecule has 1 aromatic carbocycles. The van der Waals surface area contributed by atoms with Gasteiger partial charge in [-0.25, -0.2) is 9.37 Å². The van der Waals surface area contributed by atoms with Gasteiger partial charge in [0.2, 0.25) is 0 Å². The fraction of sp³-hybridized carbons (Fsp3) is 0.308. The van der Waals surface area contributed by atoms with E-state index in [2.05, 4.69) is 9.88 Å². The van der Waals surface area contributed by atoms with Gasteiger partial charge in [-0.3, -0.25) is 4.90 Å². The minimum atomic E-state index is -0.132. The van der Waals surface area contributed by atoms with Crippen LogP contribution in [0.25, 0.3) is 0 Å². The molecule has 2 N–H and O–H groups in total. The molecule has 0 saturated heterocycles. The molecule has 94 valence electrons. The molecule has 0 unspecified atom stereocenters. The zero-order chi connectivity index (χ0) is 12.5. The van der Waals surface area contributed by atoms with Gasteiger partial charge >= 0.3 is 0 Å². The summed E-state index contributed by atoms with van der Waals surface area (Å²) >= 11 is 1.54. The summed E-state index contributed by atoms with van der Waals surface area (Å²) in [6.45, 7) is 2.37. The monoisotopic (exact) mass is 263 g/mol. The van der Waals surface area contributed by atoms with Crippen molar-refractivity contribution < 1.29 is 4.39 Å². The van der Waals surface area contributed by atoms with Crippen LogP contribution in [0.4, 0.5) is 9.52 Å². The third-order valence-electron chi connectivity index (χ3n) is 3.18. The fourth-order valence-electron chi connectivity index (χ4n) is 2.27. The standard InChI is InChI=1S/C13H14FN3S/c14-10-4-2-1-3-9(10)7-17-6-5-11-12(8-17)18-13(15)16-11/h1-4H,5-8H2,(H2,15,16). The minimum absolute atomic E-state index is 0.132. The van der Waals surface area contributed by atoms with Crippen molar-refractivity contribution in [2.24, 2.45) is 0 Å². The molecular weight excluding hydrogens is 249 g/mol. The second-order valence-corrected chi connectivity index (χ2v) is 5.59. The minimum Gasteiger partial charge on any atom is -0.375 e. The van der Waals surface area contributed by atoms with Crippen LogP contribution in [0.3, 0.4) is 0 Å². The van der Waals surface area contributed by atoms with Crippen molar-refractivity contribution >= 4 is 16.5 Å². The molecule has 2 aromatic rings. The number of nitrogens with zero attached hydrogens (tertiary/aromatic N) is 2. The van der Waals surface area contributed by atoms with Crippen LogP contribution >= 0.6 is 11.3 Å². The van der Waals surface area contributed by atoms with E-state index < -0.39 is 0 Å². The molecule has 1 aliphatic rings. The summed E-state index contributed by atoms with van der Waals surface area (Å²) in [5.74, 6) is -0.132. The Hall–Kier alpha value is -1.46. The van der Waals surface area contributed by atoms with Crippen molar-refractivity contribution in [1.29, 1.82) is 0 Å². The summed E-state index contributed by atoms with van der Waals surface area (Å²) in [7, 11) is 0. The molecule has 2 heterocycles. The lowest BCUT2D eigenvalue weighted by atomic mass is 10.1. The van der Waals surface area contributed by atoms with Gasteiger partial charge in [-0.2, -0.15) is 0 Å². The number of halogens is 1. The quantitative estimate of drug-likeness (QED) is 0.904. The first kappa shape index (κ1) is 11.6. The Morgan fingerprint density at radius 2 is 2.22 bits per heavy atom. The van der Waals surface area contributed by atoms with E-state index in [1.54, 1.807) is 6.07 Å². The Morgan fingerprint density at radius 3 is 3.06 bits per heavy atom. The molecule has 0 spiro atoms. The maximum atomic E-state index is 13.6. The van der Waals surface area contributed by atoms with Crippen LogP contribution in [0.1, 0.15) is 16.1 Å². The van der Waals surface area contributed by atoms with Crippen LogP contribution in [0.15, 0.2) is 24.3 Å². The van der Waals surface area contributed by atoms with E-state index in [9.17, 15) is 4.39 Å². The predicted octanol–water partition coefficient (Wildman–Crippen LogP) is 2.42. The third-order valence-corrected chi connectivity index (χ3v) is 4.09. The highest BCUT2D eigenvalue weighted by atomic mass is 32.1. The Labute approximate surface area is 109 Å². The smallest absolute Gasteiger partial charge is 0.180 e. The number of fused-ring (bicyclic) bond motifs is 1. The van der Waals surface area contributed by atoms with Crippen LogP contribution < -0.4 is 5.73 Å². The number of hydrogen-bond acceptors (Lipinski definition) is 4. The Bertz CT molecular complexity index is 567. The molecule has 1 aliphatic heterocycles. The molecule has 18 heavy (non-hydrogen) atoms. The first-order valence-electron chi connectivity index (χ1n) is 5.92. The van der Waals surface area contributed by atoms with Crippen molar-refractivity contribution in [1.82, 2.24) is 9.88 Å². The van der Waals surface area contributed by atoms with E-state index in [1.165, 1.54) is 22.3 Å². The largest absolute Gasteiger partial charge is 0.375 e. The molecular formula is C13H14FN3S. The van der Waals surface area contributed by atoms with Gasteiger partial charge in [0.25, 0.3) is 0 Å². The number of anilines is 1. The number of nitrogens with two attached hydrogens (primary N) is 1. The van der Waals surface area contributed by atoms with Crippen molar-refractivity contribution in [2.45, 2.75) is 19.5 Å². The third kappa shape index (κ3) is 2.23. The van der Waals surface area contributed by atoms with Gasteiger partial charge in [0.15, 0.2) is 5.13 Å². The maximum Gasteiger partial charge on any atom is 0.180 e. The normalized spacial score (nSPS) is 15.6. The molecule has 0 atom stereocenters. The van der Waals surface area contributed by atoms with E-state index >= 15 is 0 Å². The number of hydrogen-bond donors (Lipinski definition) is 1. The average Bonchev–Trinajstić information content (AvgIpc) is 2.71. The van der Waals surface area contributed by atoms with E-state index in [1.807, 2.05) is 12.1 Å². The lowest BCUT2D eigenvalue weighted by molar-refractivity contribution is 0.244. The first-order chi connectivity index (χ1) is 8.72. The molecule has 0 bridgehead atoms. The van der Waals surface area contributed by atoms with E-state index in [0.717, 1.165) is 30.8 Å². The van der Waals surface area contributed by atoms with E-state index in [-0.39, 0.29) is 5.82 Å². The number of thiazole rings is 1. The van der Waals surface area contributed by atoms with Crippen molar-refractivity contribution in [3.8, 4) is 0 Å². The van der Waals surface area contributed by atoms with E-state index in [4.69, 9.17) is 5.73 Å². The number of nitrogen functional groups attached to an aromatic ring is 1. The van der Waals surface area contributed by atoms with Gasteiger partial charge in [0.05, 0.1) is 5.69 Å². The topological polar surface area (TPSA) is 42.1 Å². The number of benzene rings is 1. The van der Waals surface area contributed by atoms with Crippen molar-refractivity contribution in [2.75, 3.05) is 12.3 Å². The second kappa shape index (κ2) is 4.66. The SMILES string of the molecule is Nc1nc2c(s1)CN(Cc1ccccc1F)CC2. The van der Waals surface area contributed by atoms with Gasteiger partial charge in [-0.05, 0) is 6.07 Å². The van der Waals surface area contributed by atoms with Gasteiger partial charge in [0.1, 0.15) is 5.82 Å². The van der Waals surface area contributed by atoms with Gasteiger partial charge in [-0.1, -0.05) is 18.2 Å². The molecule has 0 saturated carbocycles. The molecule has 0 fully saturated rings. The van der Waals surface area contributed by atoms with Crippen molar-refractivity contribution in [3.05, 3.63) is 46.2 Å². The van der Waals surface area contributed by atoms with Gasteiger partial charge in [0, 0.05) is 36.5 Å². The molecule has 0 amide bonds. The molecule has 0 aliphatic carbocycles. The lowest BCUT2D eigenvalue weighted by Crippen LogP contribution is -2.29. The first-order valence-corrected chi connectivity index (χ1v) is 6.74. The zero-order valence-corrected chi connectivity index (χ0v) is 10.7. The number of rotatable bonds is 2. The average molecular weight is 263 g/mol. The highest BCUT2D eigenvalue weighted by molar-refractivity contribution is 7.15. The fourth-order valence-corrected chi connectivity index (χ4v) is 3.19. The molecule has 3 nitrogen and oxygen atoms in total. The summed E-state index contributed by atoms with van der Waals surface area (Å²) in [4.78, 5) is 7.76. The molecule has 0 radical (unpaired) electrons. The molecule has 3 rings (SSSR count). The van der Waals surface area contributed by atoms with Crippen LogP contribution in [-0.4, -0.2) is 16.4 Å². The molecule has 5 heteroatoms. The van der Waals surface area contributed by atoms with E-state index in [0.29, 0.717) is 11.7 Å². The summed E-state index contributed by atoms with van der Waals surface area (Å²) in [5.41, 5.74) is 7.57. The maximum absolute atomic E-state index is 13.6. The van der Waals surface area contributed by atoms with Crippen molar-refractivity contribution in [3.63, 3.8) is 0 Å². The second-order valence-electron chi connectivity index (χ2n) is 4.47. The lowest BCUT2D eigenvalue weighted by Gasteiger charge is -2.25. The van der Waals surface area contributed by atoms with Gasteiger partial charge in [-0.15, -0.1) is 11.3 Å².